The van der Waals surface area contributed by atoms with Gasteiger partial charge >= 0.3 is 0 Å². The molecule has 4 nitrogen and oxygen atoms in total. The van der Waals surface area contributed by atoms with Gasteiger partial charge in [-0.1, -0.05) is 91.0 Å². The number of ketones is 1. The number of hydrogen-bond donors (Lipinski definition) is 3. The molecule has 0 radical (unpaired) electrons. The zero-order chi connectivity index (χ0) is 20.4. The Morgan fingerprint density at radius 3 is 1.48 bits per heavy atom. The van der Waals surface area contributed by atoms with Crippen molar-refractivity contribution in [3.05, 3.63) is 102 Å². The summed E-state index contributed by atoms with van der Waals surface area (Å²) in [6, 6.07) is 26.5. The lowest BCUT2D eigenvalue weighted by Gasteiger charge is -2.19. The molecular formula is C25H18O4. The third-order valence-corrected chi connectivity index (χ3v) is 4.81. The Morgan fingerprint density at radius 2 is 0.966 bits per heavy atom. The molecule has 0 fully saturated rings. The molecule has 4 heteroatoms. The van der Waals surface area contributed by atoms with Gasteiger partial charge in [0.15, 0.2) is 17.3 Å². The summed E-state index contributed by atoms with van der Waals surface area (Å²) in [5.74, 6) is -2.29. The molecule has 4 aromatic rings. The quantitative estimate of drug-likeness (QED) is 0.328. The summed E-state index contributed by atoms with van der Waals surface area (Å²) < 4.78 is 0. The molecule has 0 aliphatic heterocycles. The fraction of sp³-hybridized carbons (Fsp3) is 0. The molecule has 29 heavy (non-hydrogen) atoms. The van der Waals surface area contributed by atoms with Gasteiger partial charge < -0.3 is 15.3 Å². The Kier molecular flexibility index (Phi) is 4.75. The number of rotatable bonds is 4. The first-order valence-electron chi connectivity index (χ1n) is 9.11. The summed E-state index contributed by atoms with van der Waals surface area (Å²) in [6.45, 7) is 0. The zero-order valence-electron chi connectivity index (χ0n) is 15.4. The average Bonchev–Trinajstić information content (AvgIpc) is 2.78. The van der Waals surface area contributed by atoms with Crippen LogP contribution in [-0.4, -0.2) is 21.1 Å². The second-order valence-electron chi connectivity index (χ2n) is 6.60. The third-order valence-electron chi connectivity index (χ3n) is 4.81. The van der Waals surface area contributed by atoms with E-state index < -0.39 is 23.0 Å². The van der Waals surface area contributed by atoms with E-state index in [-0.39, 0.29) is 11.1 Å². The topological polar surface area (TPSA) is 77.8 Å². The van der Waals surface area contributed by atoms with E-state index in [1.807, 2.05) is 24.3 Å². The van der Waals surface area contributed by atoms with Crippen molar-refractivity contribution in [2.45, 2.75) is 0 Å². The molecule has 142 valence electrons. The molecule has 3 N–H and O–H groups in total. The van der Waals surface area contributed by atoms with Crippen LogP contribution in [-0.2, 0) is 0 Å². The van der Waals surface area contributed by atoms with E-state index >= 15 is 0 Å². The van der Waals surface area contributed by atoms with Crippen LogP contribution in [0.4, 0.5) is 0 Å². The smallest absolute Gasteiger partial charge is 0.201 e. The maximum absolute atomic E-state index is 13.4. The van der Waals surface area contributed by atoms with Crippen molar-refractivity contribution in [2.75, 3.05) is 0 Å². The maximum Gasteiger partial charge on any atom is 0.201 e. The minimum Gasteiger partial charge on any atom is -0.504 e. The number of hydrogen-bond acceptors (Lipinski definition) is 4. The van der Waals surface area contributed by atoms with Crippen LogP contribution in [0.5, 0.6) is 17.2 Å². The van der Waals surface area contributed by atoms with Gasteiger partial charge in [-0.2, -0.15) is 0 Å². The lowest BCUT2D eigenvalue weighted by atomic mass is 9.85. The molecule has 0 aromatic heterocycles. The molecule has 0 saturated carbocycles. The van der Waals surface area contributed by atoms with E-state index in [0.29, 0.717) is 22.3 Å². The molecule has 4 aromatic carbocycles. The average molecular weight is 382 g/mol. The Balaban J connectivity index is 2.13. The summed E-state index contributed by atoms with van der Waals surface area (Å²) >= 11 is 0. The van der Waals surface area contributed by atoms with E-state index in [1.54, 1.807) is 66.7 Å². The molecule has 0 spiro atoms. The SMILES string of the molecule is O=C(c1ccccc1)c1c(O)c(O)c(O)c(-c2ccccc2)c1-c1ccccc1. The van der Waals surface area contributed by atoms with Crippen LogP contribution in [0, 0.1) is 0 Å². The number of phenols is 3. The monoisotopic (exact) mass is 382 g/mol. The van der Waals surface area contributed by atoms with Crippen LogP contribution in [0.2, 0.25) is 0 Å². The van der Waals surface area contributed by atoms with E-state index in [1.165, 1.54) is 0 Å². The molecule has 0 amide bonds. The summed E-state index contributed by atoms with van der Waals surface area (Å²) in [5.41, 5.74) is 2.20. The Bertz CT molecular complexity index is 1170. The van der Waals surface area contributed by atoms with E-state index in [9.17, 15) is 20.1 Å². The lowest BCUT2D eigenvalue weighted by Crippen LogP contribution is -2.06. The van der Waals surface area contributed by atoms with Gasteiger partial charge in [0, 0.05) is 16.7 Å². The van der Waals surface area contributed by atoms with Crippen molar-refractivity contribution < 1.29 is 20.1 Å². The predicted octanol–water partition coefficient (Wildman–Crippen LogP) is 5.37. The van der Waals surface area contributed by atoms with Crippen LogP contribution in [0.1, 0.15) is 15.9 Å². The number of carbonyl (C=O) groups excluding carboxylic acids is 1. The first kappa shape index (κ1) is 18.3. The summed E-state index contributed by atoms with van der Waals surface area (Å²) in [4.78, 5) is 13.4. The van der Waals surface area contributed by atoms with Crippen LogP contribution >= 0.6 is 0 Å². The van der Waals surface area contributed by atoms with Crippen LogP contribution < -0.4 is 0 Å². The first-order valence-corrected chi connectivity index (χ1v) is 9.11. The molecule has 0 aliphatic carbocycles. The van der Waals surface area contributed by atoms with Gasteiger partial charge in [-0.25, -0.2) is 0 Å². The predicted molar refractivity (Wildman–Crippen MR) is 112 cm³/mol. The molecule has 0 heterocycles. The Hall–Kier alpha value is -4.05. The molecule has 0 aliphatic rings. The van der Waals surface area contributed by atoms with E-state index in [2.05, 4.69) is 0 Å². The fourth-order valence-electron chi connectivity index (χ4n) is 3.45. The fourth-order valence-corrected chi connectivity index (χ4v) is 3.45. The van der Waals surface area contributed by atoms with Crippen molar-refractivity contribution in [2.24, 2.45) is 0 Å². The second-order valence-corrected chi connectivity index (χ2v) is 6.60. The van der Waals surface area contributed by atoms with Gasteiger partial charge in [0.25, 0.3) is 0 Å². The lowest BCUT2D eigenvalue weighted by molar-refractivity contribution is 0.103. The van der Waals surface area contributed by atoms with Crippen molar-refractivity contribution in [1.29, 1.82) is 0 Å². The third kappa shape index (κ3) is 3.21. The molecular weight excluding hydrogens is 364 g/mol. The van der Waals surface area contributed by atoms with E-state index in [0.717, 1.165) is 0 Å². The first-order chi connectivity index (χ1) is 14.1. The van der Waals surface area contributed by atoms with Gasteiger partial charge in [0.05, 0.1) is 5.56 Å². The van der Waals surface area contributed by atoms with Crippen molar-refractivity contribution in [3.8, 4) is 39.5 Å². The highest BCUT2D eigenvalue weighted by Crippen LogP contribution is 2.51. The largest absolute Gasteiger partial charge is 0.504 e. The van der Waals surface area contributed by atoms with Gasteiger partial charge in [-0.3, -0.25) is 4.79 Å². The van der Waals surface area contributed by atoms with Gasteiger partial charge in [0.1, 0.15) is 0 Å². The maximum atomic E-state index is 13.4. The molecule has 0 unspecified atom stereocenters. The number of phenolic OH excluding ortho intramolecular Hbond substituents is 3. The van der Waals surface area contributed by atoms with Crippen molar-refractivity contribution >= 4 is 5.78 Å². The van der Waals surface area contributed by atoms with Crippen LogP contribution in [0.15, 0.2) is 91.0 Å². The Morgan fingerprint density at radius 1 is 0.517 bits per heavy atom. The van der Waals surface area contributed by atoms with Crippen molar-refractivity contribution in [1.82, 2.24) is 0 Å². The number of carbonyl (C=O) groups is 1. The van der Waals surface area contributed by atoms with E-state index in [4.69, 9.17) is 0 Å². The summed E-state index contributed by atoms with van der Waals surface area (Å²) in [5, 5.41) is 31.9. The highest BCUT2D eigenvalue weighted by molar-refractivity contribution is 6.17. The van der Waals surface area contributed by atoms with Crippen LogP contribution in [0.25, 0.3) is 22.3 Å². The van der Waals surface area contributed by atoms with Gasteiger partial charge in [-0.05, 0) is 11.1 Å². The number of benzene rings is 4. The molecule has 0 bridgehead atoms. The summed E-state index contributed by atoms with van der Waals surface area (Å²) in [6.07, 6.45) is 0. The molecule has 0 atom stereocenters. The minimum absolute atomic E-state index is 0.0587. The standard InChI is InChI=1S/C25H18O4/c26-22(18-14-8-3-9-15-18)21-19(16-10-4-1-5-11-16)20(17-12-6-2-7-13-17)23(27)25(29)24(21)28/h1-15,27-29H. The van der Waals surface area contributed by atoms with Gasteiger partial charge in [-0.15, -0.1) is 0 Å². The minimum atomic E-state index is -0.720. The summed E-state index contributed by atoms with van der Waals surface area (Å²) in [7, 11) is 0. The highest BCUT2D eigenvalue weighted by atomic mass is 16.3. The number of aromatic hydroxyl groups is 3. The molecule has 4 rings (SSSR count). The Labute approximate surface area is 168 Å². The normalized spacial score (nSPS) is 10.6. The van der Waals surface area contributed by atoms with Crippen LogP contribution in [0.3, 0.4) is 0 Å². The second kappa shape index (κ2) is 7.52. The van der Waals surface area contributed by atoms with Crippen molar-refractivity contribution in [3.63, 3.8) is 0 Å². The molecule has 0 saturated heterocycles. The zero-order valence-corrected chi connectivity index (χ0v) is 15.4. The highest BCUT2D eigenvalue weighted by Gasteiger charge is 2.29. The van der Waals surface area contributed by atoms with Gasteiger partial charge in [0.2, 0.25) is 5.75 Å².